The highest BCUT2D eigenvalue weighted by Crippen LogP contribution is 2.25. The Kier molecular flexibility index (Phi) is 4.59. The van der Waals surface area contributed by atoms with Crippen molar-refractivity contribution in [3.05, 3.63) is 65.7 Å². The molecule has 1 N–H and O–H groups in total. The number of nitrogens with one attached hydrogen (secondary N) is 1. The Morgan fingerprint density at radius 1 is 1.09 bits per heavy atom. The molecule has 1 aliphatic heterocycles. The fourth-order valence-corrected chi connectivity index (χ4v) is 2.71. The number of rotatable bonds is 4. The summed E-state index contributed by atoms with van der Waals surface area (Å²) in [5.74, 6) is 0. The van der Waals surface area contributed by atoms with Crippen molar-refractivity contribution in [2.45, 2.75) is 19.4 Å². The van der Waals surface area contributed by atoms with E-state index in [1.165, 1.54) is 11.3 Å². The predicted molar refractivity (Wildman–Crippen MR) is 86.7 cm³/mol. The fraction of sp³-hybridized carbons (Fsp3) is 0.278. The van der Waals surface area contributed by atoms with Crippen LogP contribution in [0.3, 0.4) is 0 Å². The second-order valence-corrected chi connectivity index (χ2v) is 5.39. The molecular weight excluding hydrogens is 276 g/mol. The molecule has 3 rings (SSSR count). The van der Waals surface area contributed by atoms with Gasteiger partial charge in [-0.1, -0.05) is 48.5 Å². The van der Waals surface area contributed by atoms with Crippen molar-refractivity contribution in [3.63, 3.8) is 0 Å². The third kappa shape index (κ3) is 3.58. The summed E-state index contributed by atoms with van der Waals surface area (Å²) in [5, 5.41) is 2.83. The highest BCUT2D eigenvalue weighted by molar-refractivity contribution is 5.68. The molecule has 22 heavy (non-hydrogen) atoms. The molecule has 2 aromatic rings. The molecule has 1 aliphatic rings. The van der Waals surface area contributed by atoms with Gasteiger partial charge in [-0.25, -0.2) is 4.79 Å². The first-order valence-corrected chi connectivity index (χ1v) is 7.60. The van der Waals surface area contributed by atoms with E-state index in [1.54, 1.807) is 0 Å². The van der Waals surface area contributed by atoms with Gasteiger partial charge in [0.2, 0.25) is 0 Å². The van der Waals surface area contributed by atoms with Gasteiger partial charge >= 0.3 is 6.09 Å². The SMILES string of the molecule is O=C(NCN1CCCc2ccccc21)OCc1ccccc1. The van der Waals surface area contributed by atoms with Gasteiger partial charge in [0.05, 0.1) is 6.67 Å². The van der Waals surface area contributed by atoms with Gasteiger partial charge in [-0.2, -0.15) is 0 Å². The van der Waals surface area contributed by atoms with E-state index in [9.17, 15) is 4.79 Å². The van der Waals surface area contributed by atoms with Crippen LogP contribution >= 0.6 is 0 Å². The highest BCUT2D eigenvalue weighted by Gasteiger charge is 2.16. The Balaban J connectivity index is 1.50. The third-order valence-electron chi connectivity index (χ3n) is 3.83. The summed E-state index contributed by atoms with van der Waals surface area (Å²) in [7, 11) is 0. The molecule has 0 aliphatic carbocycles. The van der Waals surface area contributed by atoms with Gasteiger partial charge in [-0.15, -0.1) is 0 Å². The van der Waals surface area contributed by atoms with Crippen molar-refractivity contribution in [1.82, 2.24) is 5.32 Å². The molecule has 4 heteroatoms. The minimum atomic E-state index is -0.382. The normalized spacial score (nSPS) is 13.4. The van der Waals surface area contributed by atoms with Crippen LogP contribution in [0.15, 0.2) is 54.6 Å². The number of nitrogens with zero attached hydrogens (tertiary/aromatic N) is 1. The van der Waals surface area contributed by atoms with E-state index >= 15 is 0 Å². The molecule has 2 aromatic carbocycles. The lowest BCUT2D eigenvalue weighted by molar-refractivity contribution is 0.139. The monoisotopic (exact) mass is 296 g/mol. The molecule has 0 spiro atoms. The number of anilines is 1. The van der Waals surface area contributed by atoms with Crippen LogP contribution in [0.5, 0.6) is 0 Å². The lowest BCUT2D eigenvalue weighted by atomic mass is 10.0. The van der Waals surface area contributed by atoms with E-state index in [4.69, 9.17) is 4.74 Å². The van der Waals surface area contributed by atoms with Crippen LogP contribution in [0.1, 0.15) is 17.5 Å². The van der Waals surface area contributed by atoms with Crippen LogP contribution in [0, 0.1) is 0 Å². The van der Waals surface area contributed by atoms with Crippen LogP contribution < -0.4 is 10.2 Å². The zero-order chi connectivity index (χ0) is 15.2. The Hall–Kier alpha value is -2.49. The fourth-order valence-electron chi connectivity index (χ4n) is 2.71. The summed E-state index contributed by atoms with van der Waals surface area (Å²) in [6.45, 7) is 1.73. The molecule has 4 nitrogen and oxygen atoms in total. The maximum Gasteiger partial charge on any atom is 0.408 e. The second-order valence-electron chi connectivity index (χ2n) is 5.39. The number of carbonyl (C=O) groups is 1. The van der Waals surface area contributed by atoms with Gasteiger partial charge in [-0.3, -0.25) is 0 Å². The Bertz CT molecular complexity index is 628. The topological polar surface area (TPSA) is 41.6 Å². The number of ether oxygens (including phenoxy) is 1. The van der Waals surface area contributed by atoms with E-state index in [-0.39, 0.29) is 6.09 Å². The van der Waals surface area contributed by atoms with Crippen molar-refractivity contribution < 1.29 is 9.53 Å². The van der Waals surface area contributed by atoms with Crippen molar-refractivity contribution in [2.24, 2.45) is 0 Å². The number of para-hydroxylation sites is 1. The number of hydrogen-bond donors (Lipinski definition) is 1. The first-order chi connectivity index (χ1) is 10.8. The van der Waals surface area contributed by atoms with E-state index in [0.29, 0.717) is 13.3 Å². The van der Waals surface area contributed by atoms with Crippen molar-refractivity contribution in [3.8, 4) is 0 Å². The molecule has 0 bridgehead atoms. The number of alkyl carbamates (subject to hydrolysis) is 1. The molecule has 0 fully saturated rings. The smallest absolute Gasteiger partial charge is 0.408 e. The Labute approximate surface area is 130 Å². The quantitative estimate of drug-likeness (QED) is 0.941. The summed E-state index contributed by atoms with van der Waals surface area (Å²) in [6, 6.07) is 18.0. The molecule has 0 saturated heterocycles. The van der Waals surface area contributed by atoms with Crippen LogP contribution in [0.4, 0.5) is 10.5 Å². The second kappa shape index (κ2) is 6.98. The summed E-state index contributed by atoms with van der Waals surface area (Å²) in [6.07, 6.45) is 1.83. The van der Waals surface area contributed by atoms with E-state index in [1.807, 2.05) is 36.4 Å². The average molecular weight is 296 g/mol. The van der Waals surface area contributed by atoms with Gasteiger partial charge in [0.25, 0.3) is 0 Å². The van der Waals surface area contributed by atoms with Crippen LogP contribution in [0.25, 0.3) is 0 Å². The summed E-state index contributed by atoms with van der Waals surface area (Å²) < 4.78 is 5.23. The summed E-state index contributed by atoms with van der Waals surface area (Å²) >= 11 is 0. The maximum atomic E-state index is 11.8. The van der Waals surface area contributed by atoms with Crippen LogP contribution in [0.2, 0.25) is 0 Å². The number of hydrogen-bond acceptors (Lipinski definition) is 3. The van der Waals surface area contributed by atoms with Gasteiger partial charge in [0.15, 0.2) is 0 Å². The minimum Gasteiger partial charge on any atom is -0.445 e. The zero-order valence-corrected chi connectivity index (χ0v) is 12.5. The van der Waals surface area contributed by atoms with E-state index in [0.717, 1.165) is 24.9 Å². The average Bonchev–Trinajstić information content (AvgIpc) is 2.59. The number of benzene rings is 2. The lowest BCUT2D eigenvalue weighted by Gasteiger charge is -2.31. The number of aryl methyl sites for hydroxylation is 1. The lowest BCUT2D eigenvalue weighted by Crippen LogP contribution is -2.40. The molecule has 0 atom stereocenters. The van der Waals surface area contributed by atoms with Crippen molar-refractivity contribution >= 4 is 11.8 Å². The third-order valence-corrected chi connectivity index (χ3v) is 3.83. The molecule has 1 amide bonds. The van der Waals surface area contributed by atoms with Gasteiger partial charge in [0.1, 0.15) is 6.61 Å². The molecule has 0 aromatic heterocycles. The van der Waals surface area contributed by atoms with Crippen LogP contribution in [-0.2, 0) is 17.8 Å². The number of carbonyl (C=O) groups excluding carboxylic acids is 1. The molecule has 0 unspecified atom stereocenters. The summed E-state index contributed by atoms with van der Waals surface area (Å²) in [5.41, 5.74) is 3.53. The first-order valence-electron chi connectivity index (χ1n) is 7.60. The van der Waals surface area contributed by atoms with Gasteiger partial charge in [0, 0.05) is 12.2 Å². The largest absolute Gasteiger partial charge is 0.445 e. The predicted octanol–water partition coefficient (Wildman–Crippen LogP) is 3.32. The van der Waals surface area contributed by atoms with Crippen LogP contribution in [-0.4, -0.2) is 19.3 Å². The van der Waals surface area contributed by atoms with E-state index < -0.39 is 0 Å². The van der Waals surface area contributed by atoms with Gasteiger partial charge in [-0.05, 0) is 30.0 Å². The Morgan fingerprint density at radius 2 is 1.86 bits per heavy atom. The summed E-state index contributed by atoms with van der Waals surface area (Å²) in [4.78, 5) is 14.0. The molecule has 0 radical (unpaired) electrons. The number of fused-ring (bicyclic) bond motifs is 1. The van der Waals surface area contributed by atoms with Gasteiger partial charge < -0.3 is 15.0 Å². The molecule has 114 valence electrons. The Morgan fingerprint density at radius 3 is 2.73 bits per heavy atom. The molecular formula is C18H20N2O2. The molecule has 1 heterocycles. The maximum absolute atomic E-state index is 11.8. The zero-order valence-electron chi connectivity index (χ0n) is 12.5. The number of amides is 1. The highest BCUT2D eigenvalue weighted by atomic mass is 16.5. The standard InChI is InChI=1S/C18H20N2O2/c21-18(22-13-15-7-2-1-3-8-15)19-14-20-12-6-10-16-9-4-5-11-17(16)20/h1-5,7-9,11H,6,10,12-14H2,(H,19,21). The van der Waals surface area contributed by atoms with E-state index in [2.05, 4.69) is 28.4 Å². The molecule has 0 saturated carbocycles. The van der Waals surface area contributed by atoms with Crippen molar-refractivity contribution in [1.29, 1.82) is 0 Å². The first kappa shape index (κ1) is 14.4. The minimum absolute atomic E-state index is 0.295. The van der Waals surface area contributed by atoms with Crippen molar-refractivity contribution in [2.75, 3.05) is 18.1 Å².